The van der Waals surface area contributed by atoms with Gasteiger partial charge in [0.05, 0.1) is 13.0 Å². The Morgan fingerprint density at radius 2 is 1.60 bits per heavy atom. The SMILES string of the molecule is CCOC(=O)CCC(=O)NC1C2CC3CC(C2)CC1C3. The van der Waals surface area contributed by atoms with Crippen LogP contribution in [0.1, 0.15) is 51.9 Å². The number of carbonyl (C=O) groups excluding carboxylic acids is 2. The fourth-order valence-corrected chi connectivity index (χ4v) is 4.87. The van der Waals surface area contributed by atoms with Gasteiger partial charge in [-0.25, -0.2) is 0 Å². The van der Waals surface area contributed by atoms with Crippen LogP contribution in [0.3, 0.4) is 0 Å². The lowest BCUT2D eigenvalue weighted by Gasteiger charge is -2.54. The smallest absolute Gasteiger partial charge is 0.306 e. The molecule has 0 aromatic rings. The molecule has 112 valence electrons. The van der Waals surface area contributed by atoms with Gasteiger partial charge in [-0.15, -0.1) is 0 Å². The van der Waals surface area contributed by atoms with Crippen LogP contribution in [0.2, 0.25) is 0 Å². The van der Waals surface area contributed by atoms with Gasteiger partial charge in [-0.05, 0) is 62.7 Å². The van der Waals surface area contributed by atoms with E-state index in [0.29, 0.717) is 24.5 Å². The van der Waals surface area contributed by atoms with Gasteiger partial charge in [0.15, 0.2) is 0 Å². The van der Waals surface area contributed by atoms with Gasteiger partial charge in [0.1, 0.15) is 0 Å². The van der Waals surface area contributed by atoms with Crippen LogP contribution >= 0.6 is 0 Å². The molecule has 0 radical (unpaired) electrons. The van der Waals surface area contributed by atoms with Crippen LogP contribution in [-0.4, -0.2) is 24.5 Å². The summed E-state index contributed by atoms with van der Waals surface area (Å²) in [7, 11) is 0. The maximum Gasteiger partial charge on any atom is 0.306 e. The van der Waals surface area contributed by atoms with Crippen LogP contribution in [0.4, 0.5) is 0 Å². The molecule has 4 fully saturated rings. The third-order valence-electron chi connectivity index (χ3n) is 5.42. The fourth-order valence-electron chi connectivity index (χ4n) is 4.87. The normalized spacial score (nSPS) is 37.8. The highest BCUT2D eigenvalue weighted by Crippen LogP contribution is 2.53. The average Bonchev–Trinajstić information content (AvgIpc) is 2.40. The molecule has 0 heterocycles. The zero-order valence-corrected chi connectivity index (χ0v) is 12.3. The molecule has 0 spiro atoms. The number of hydrogen-bond acceptors (Lipinski definition) is 3. The van der Waals surface area contributed by atoms with E-state index in [2.05, 4.69) is 5.32 Å². The van der Waals surface area contributed by atoms with Gasteiger partial charge in [-0.1, -0.05) is 0 Å². The first-order chi connectivity index (χ1) is 9.65. The zero-order valence-electron chi connectivity index (χ0n) is 12.3. The van der Waals surface area contributed by atoms with Gasteiger partial charge in [0, 0.05) is 12.5 Å². The highest BCUT2D eigenvalue weighted by molar-refractivity contribution is 5.81. The molecule has 0 aliphatic heterocycles. The van der Waals surface area contributed by atoms with Gasteiger partial charge in [0.2, 0.25) is 5.91 Å². The standard InChI is InChI=1S/C16H25NO3/c1-2-20-15(19)4-3-14(18)17-16-12-6-10-5-11(8-12)9-13(16)7-10/h10-13,16H,2-9H2,1H3,(H,17,18). The van der Waals surface area contributed by atoms with Crippen molar-refractivity contribution >= 4 is 11.9 Å². The van der Waals surface area contributed by atoms with Crippen LogP contribution in [0.15, 0.2) is 0 Å². The van der Waals surface area contributed by atoms with Crippen molar-refractivity contribution in [3.8, 4) is 0 Å². The van der Waals surface area contributed by atoms with Crippen LogP contribution in [-0.2, 0) is 14.3 Å². The molecule has 4 saturated carbocycles. The van der Waals surface area contributed by atoms with Gasteiger partial charge in [0.25, 0.3) is 0 Å². The second-order valence-electron chi connectivity index (χ2n) is 6.83. The third-order valence-corrected chi connectivity index (χ3v) is 5.42. The Labute approximate surface area is 120 Å². The molecule has 4 heteroatoms. The van der Waals surface area contributed by atoms with Crippen molar-refractivity contribution in [3.05, 3.63) is 0 Å². The molecule has 0 aromatic carbocycles. The highest BCUT2D eigenvalue weighted by Gasteiger charge is 2.48. The Hall–Kier alpha value is -1.06. The molecule has 4 bridgehead atoms. The van der Waals surface area contributed by atoms with Gasteiger partial charge < -0.3 is 10.1 Å². The van der Waals surface area contributed by atoms with Gasteiger partial charge in [-0.3, -0.25) is 9.59 Å². The van der Waals surface area contributed by atoms with Crippen molar-refractivity contribution in [2.24, 2.45) is 23.7 Å². The van der Waals surface area contributed by atoms with Crippen LogP contribution in [0, 0.1) is 23.7 Å². The van der Waals surface area contributed by atoms with E-state index < -0.39 is 0 Å². The number of ether oxygens (including phenoxy) is 1. The van der Waals surface area contributed by atoms with Crippen molar-refractivity contribution in [1.82, 2.24) is 5.32 Å². The maximum absolute atomic E-state index is 12.0. The summed E-state index contributed by atoms with van der Waals surface area (Å²) in [6.45, 7) is 2.17. The summed E-state index contributed by atoms with van der Waals surface area (Å²) in [5.74, 6) is 2.98. The summed E-state index contributed by atoms with van der Waals surface area (Å²) in [6.07, 6.45) is 7.10. The molecule has 4 nitrogen and oxygen atoms in total. The lowest BCUT2D eigenvalue weighted by Crippen LogP contribution is -2.55. The Kier molecular flexibility index (Phi) is 3.99. The van der Waals surface area contributed by atoms with E-state index in [-0.39, 0.29) is 24.7 Å². The van der Waals surface area contributed by atoms with E-state index in [0.717, 1.165) is 11.8 Å². The molecular formula is C16H25NO3. The summed E-state index contributed by atoms with van der Waals surface area (Å²) in [5, 5.41) is 3.21. The molecule has 20 heavy (non-hydrogen) atoms. The predicted octanol–water partition coefficient (Wildman–Crippen LogP) is 2.27. The predicted molar refractivity (Wildman–Crippen MR) is 74.8 cm³/mol. The van der Waals surface area contributed by atoms with E-state index in [9.17, 15) is 9.59 Å². The van der Waals surface area contributed by atoms with E-state index >= 15 is 0 Å². The minimum Gasteiger partial charge on any atom is -0.466 e. The number of carbonyl (C=O) groups is 2. The molecule has 4 aliphatic rings. The highest BCUT2D eigenvalue weighted by atomic mass is 16.5. The van der Waals surface area contributed by atoms with Crippen molar-refractivity contribution < 1.29 is 14.3 Å². The molecule has 4 aliphatic carbocycles. The molecule has 0 aromatic heterocycles. The number of nitrogens with one attached hydrogen (secondary N) is 1. The monoisotopic (exact) mass is 279 g/mol. The molecule has 1 amide bonds. The first-order valence-electron chi connectivity index (χ1n) is 8.10. The lowest BCUT2D eigenvalue weighted by molar-refractivity contribution is -0.144. The summed E-state index contributed by atoms with van der Waals surface area (Å²) < 4.78 is 4.86. The zero-order chi connectivity index (χ0) is 14.1. The maximum atomic E-state index is 12.0. The first kappa shape index (κ1) is 13.9. The Bertz CT molecular complexity index is 365. The van der Waals surface area contributed by atoms with E-state index in [1.165, 1.54) is 32.1 Å². The molecule has 1 N–H and O–H groups in total. The van der Waals surface area contributed by atoms with Gasteiger partial charge in [-0.2, -0.15) is 0 Å². The number of esters is 1. The molecule has 0 saturated heterocycles. The van der Waals surface area contributed by atoms with Crippen LogP contribution < -0.4 is 5.32 Å². The van der Waals surface area contributed by atoms with Crippen molar-refractivity contribution in [1.29, 1.82) is 0 Å². The average molecular weight is 279 g/mol. The molecule has 4 rings (SSSR count). The van der Waals surface area contributed by atoms with E-state index in [1.807, 2.05) is 0 Å². The van der Waals surface area contributed by atoms with Crippen molar-refractivity contribution in [2.45, 2.75) is 57.9 Å². The molecule has 0 unspecified atom stereocenters. The lowest BCUT2D eigenvalue weighted by atomic mass is 9.54. The van der Waals surface area contributed by atoms with Gasteiger partial charge >= 0.3 is 5.97 Å². The molecular weight excluding hydrogens is 254 g/mol. The quantitative estimate of drug-likeness (QED) is 0.785. The molecule has 0 atom stereocenters. The van der Waals surface area contributed by atoms with E-state index in [4.69, 9.17) is 4.74 Å². The number of amides is 1. The Balaban J connectivity index is 1.48. The summed E-state index contributed by atoms with van der Waals surface area (Å²) >= 11 is 0. The Morgan fingerprint density at radius 3 is 2.15 bits per heavy atom. The van der Waals surface area contributed by atoms with Crippen LogP contribution in [0.25, 0.3) is 0 Å². The second kappa shape index (κ2) is 5.74. The number of hydrogen-bond donors (Lipinski definition) is 1. The number of rotatable bonds is 5. The topological polar surface area (TPSA) is 55.4 Å². The third kappa shape index (κ3) is 2.84. The Morgan fingerprint density at radius 1 is 1.00 bits per heavy atom. The fraction of sp³-hybridized carbons (Fsp3) is 0.875. The minimum atomic E-state index is -0.271. The van der Waals surface area contributed by atoms with E-state index in [1.54, 1.807) is 6.92 Å². The first-order valence-corrected chi connectivity index (χ1v) is 8.10. The largest absolute Gasteiger partial charge is 0.466 e. The second-order valence-corrected chi connectivity index (χ2v) is 6.83. The summed E-state index contributed by atoms with van der Waals surface area (Å²) in [5.41, 5.74) is 0. The summed E-state index contributed by atoms with van der Waals surface area (Å²) in [6, 6.07) is 0.373. The van der Waals surface area contributed by atoms with Crippen molar-refractivity contribution in [3.63, 3.8) is 0 Å². The summed E-state index contributed by atoms with van der Waals surface area (Å²) in [4.78, 5) is 23.3. The van der Waals surface area contributed by atoms with Crippen molar-refractivity contribution in [2.75, 3.05) is 6.61 Å². The minimum absolute atomic E-state index is 0.0236. The van der Waals surface area contributed by atoms with Crippen LogP contribution in [0.5, 0.6) is 0 Å².